The Morgan fingerprint density at radius 2 is 1.67 bits per heavy atom. The molecule has 2 aromatic rings. The van der Waals surface area contributed by atoms with E-state index in [2.05, 4.69) is 0 Å². The molecule has 0 aromatic heterocycles. The summed E-state index contributed by atoms with van der Waals surface area (Å²) >= 11 is 0. The number of carboxylic acids is 1. The summed E-state index contributed by atoms with van der Waals surface area (Å²) in [5.41, 5.74) is 2.72. The molecule has 0 saturated carbocycles. The molecule has 2 aromatic carbocycles. The van der Waals surface area contributed by atoms with Crippen molar-refractivity contribution in [2.45, 2.75) is 19.4 Å². The predicted molar refractivity (Wildman–Crippen MR) is 79.3 cm³/mol. The van der Waals surface area contributed by atoms with Gasteiger partial charge in [0, 0.05) is 6.61 Å². The van der Waals surface area contributed by atoms with Gasteiger partial charge in [-0.2, -0.15) is 0 Å². The number of benzene rings is 2. The number of ether oxygens (including phenoxy) is 1. The lowest BCUT2D eigenvalue weighted by atomic mass is 10.1. The van der Waals surface area contributed by atoms with Crippen LogP contribution >= 0.6 is 0 Å². The first-order chi connectivity index (χ1) is 10.2. The minimum atomic E-state index is -0.836. The van der Waals surface area contributed by atoms with Crippen LogP contribution in [0.4, 0.5) is 0 Å². The SMILES string of the molecule is O=C(O)Cc1ccc(COc2ccccc2CCO)cc1. The molecule has 21 heavy (non-hydrogen) atoms. The molecule has 0 unspecified atom stereocenters. The summed E-state index contributed by atoms with van der Waals surface area (Å²) < 4.78 is 5.77. The number of rotatable bonds is 7. The number of carboxylic acid groups (broad SMARTS) is 1. The normalized spacial score (nSPS) is 10.3. The lowest BCUT2D eigenvalue weighted by molar-refractivity contribution is -0.136. The van der Waals surface area contributed by atoms with E-state index in [4.69, 9.17) is 14.9 Å². The first-order valence-electron chi connectivity index (χ1n) is 6.80. The number of aliphatic hydroxyl groups is 1. The molecule has 0 aliphatic rings. The molecule has 0 atom stereocenters. The molecule has 110 valence electrons. The van der Waals surface area contributed by atoms with Crippen LogP contribution in [0.25, 0.3) is 0 Å². The predicted octanol–water partition coefficient (Wildman–Crippen LogP) is 2.43. The third-order valence-corrected chi connectivity index (χ3v) is 3.13. The van der Waals surface area contributed by atoms with Gasteiger partial charge in [0.1, 0.15) is 12.4 Å². The monoisotopic (exact) mass is 286 g/mol. The lowest BCUT2D eigenvalue weighted by Gasteiger charge is -2.11. The van der Waals surface area contributed by atoms with Crippen LogP contribution in [0, 0.1) is 0 Å². The van der Waals surface area contributed by atoms with E-state index < -0.39 is 5.97 Å². The molecular weight excluding hydrogens is 268 g/mol. The van der Waals surface area contributed by atoms with Gasteiger partial charge in [-0.05, 0) is 29.2 Å². The number of hydrogen-bond donors (Lipinski definition) is 2. The van der Waals surface area contributed by atoms with Crippen LogP contribution in [-0.4, -0.2) is 22.8 Å². The Bertz CT molecular complexity index is 590. The van der Waals surface area contributed by atoms with Crippen molar-refractivity contribution in [2.24, 2.45) is 0 Å². The fraction of sp³-hybridized carbons (Fsp3) is 0.235. The fourth-order valence-corrected chi connectivity index (χ4v) is 2.06. The van der Waals surface area contributed by atoms with E-state index in [1.54, 1.807) is 12.1 Å². The summed E-state index contributed by atoms with van der Waals surface area (Å²) in [4.78, 5) is 10.6. The summed E-state index contributed by atoms with van der Waals surface area (Å²) in [5.74, 6) is -0.0712. The second-order valence-electron chi connectivity index (χ2n) is 4.76. The standard InChI is InChI=1S/C17H18O4/c18-10-9-15-3-1-2-4-16(15)21-12-14-7-5-13(6-8-14)11-17(19)20/h1-8,18H,9-12H2,(H,19,20). The van der Waals surface area contributed by atoms with Gasteiger partial charge in [0.2, 0.25) is 0 Å². The highest BCUT2D eigenvalue weighted by atomic mass is 16.5. The van der Waals surface area contributed by atoms with E-state index in [1.807, 2.05) is 36.4 Å². The number of aliphatic hydroxyl groups excluding tert-OH is 1. The summed E-state index contributed by atoms with van der Waals surface area (Å²) in [5, 5.41) is 17.8. The molecule has 0 saturated heterocycles. The fourth-order valence-electron chi connectivity index (χ4n) is 2.06. The molecule has 4 nitrogen and oxygen atoms in total. The van der Waals surface area contributed by atoms with E-state index >= 15 is 0 Å². The minimum absolute atomic E-state index is 0.0282. The Morgan fingerprint density at radius 1 is 1.00 bits per heavy atom. The molecule has 0 amide bonds. The van der Waals surface area contributed by atoms with Crippen molar-refractivity contribution < 1.29 is 19.7 Å². The second kappa shape index (κ2) is 7.45. The molecule has 0 aliphatic carbocycles. The summed E-state index contributed by atoms with van der Waals surface area (Å²) in [7, 11) is 0. The van der Waals surface area contributed by atoms with Gasteiger partial charge in [0.15, 0.2) is 0 Å². The molecule has 0 heterocycles. The Balaban J connectivity index is 1.98. The Labute approximate surface area is 123 Å². The van der Waals surface area contributed by atoms with Crippen LogP contribution in [0.1, 0.15) is 16.7 Å². The van der Waals surface area contributed by atoms with Gasteiger partial charge in [-0.25, -0.2) is 0 Å². The Morgan fingerprint density at radius 3 is 2.33 bits per heavy atom. The Kier molecular flexibility index (Phi) is 5.35. The van der Waals surface area contributed by atoms with Crippen molar-refractivity contribution >= 4 is 5.97 Å². The number of para-hydroxylation sites is 1. The maximum atomic E-state index is 10.6. The third-order valence-electron chi connectivity index (χ3n) is 3.13. The zero-order valence-electron chi connectivity index (χ0n) is 11.7. The van der Waals surface area contributed by atoms with Crippen LogP contribution in [0.5, 0.6) is 5.75 Å². The zero-order chi connectivity index (χ0) is 15.1. The van der Waals surface area contributed by atoms with Gasteiger partial charge in [-0.15, -0.1) is 0 Å². The van der Waals surface area contributed by atoms with E-state index in [0.29, 0.717) is 13.0 Å². The second-order valence-corrected chi connectivity index (χ2v) is 4.76. The van der Waals surface area contributed by atoms with E-state index in [9.17, 15) is 4.79 Å². The van der Waals surface area contributed by atoms with Crippen LogP contribution in [0.2, 0.25) is 0 Å². The first kappa shape index (κ1) is 15.1. The van der Waals surface area contributed by atoms with Crippen molar-refractivity contribution in [1.29, 1.82) is 0 Å². The van der Waals surface area contributed by atoms with Crippen molar-refractivity contribution in [3.05, 3.63) is 65.2 Å². The van der Waals surface area contributed by atoms with Gasteiger partial charge >= 0.3 is 5.97 Å². The highest BCUT2D eigenvalue weighted by molar-refractivity contribution is 5.70. The average molecular weight is 286 g/mol. The number of carbonyl (C=O) groups is 1. The molecule has 0 radical (unpaired) electrons. The largest absolute Gasteiger partial charge is 0.489 e. The van der Waals surface area contributed by atoms with Gasteiger partial charge in [-0.1, -0.05) is 42.5 Å². The first-order valence-corrected chi connectivity index (χ1v) is 6.80. The average Bonchev–Trinajstić information content (AvgIpc) is 2.48. The smallest absolute Gasteiger partial charge is 0.307 e. The number of aliphatic carboxylic acids is 1. The summed E-state index contributed by atoms with van der Waals surface area (Å²) in [6, 6.07) is 15.0. The van der Waals surface area contributed by atoms with Crippen molar-refractivity contribution in [1.82, 2.24) is 0 Å². The van der Waals surface area contributed by atoms with Gasteiger partial charge in [0.05, 0.1) is 6.42 Å². The molecule has 0 spiro atoms. The minimum Gasteiger partial charge on any atom is -0.489 e. The summed E-state index contributed by atoms with van der Waals surface area (Å²) in [6.07, 6.45) is 0.591. The molecular formula is C17H18O4. The third kappa shape index (κ3) is 4.61. The van der Waals surface area contributed by atoms with E-state index in [1.165, 1.54) is 0 Å². The van der Waals surface area contributed by atoms with Gasteiger partial charge in [0.25, 0.3) is 0 Å². The maximum absolute atomic E-state index is 10.6. The van der Waals surface area contributed by atoms with Crippen LogP contribution in [-0.2, 0) is 24.2 Å². The molecule has 2 N–H and O–H groups in total. The van der Waals surface area contributed by atoms with Gasteiger partial charge < -0.3 is 14.9 Å². The van der Waals surface area contributed by atoms with E-state index in [0.717, 1.165) is 22.4 Å². The molecule has 0 fully saturated rings. The zero-order valence-corrected chi connectivity index (χ0v) is 11.7. The highest BCUT2D eigenvalue weighted by Crippen LogP contribution is 2.20. The van der Waals surface area contributed by atoms with Crippen molar-refractivity contribution in [3.8, 4) is 5.75 Å². The molecule has 0 aliphatic heterocycles. The quantitative estimate of drug-likeness (QED) is 0.820. The maximum Gasteiger partial charge on any atom is 0.307 e. The molecule has 2 rings (SSSR count). The van der Waals surface area contributed by atoms with Crippen LogP contribution in [0.15, 0.2) is 48.5 Å². The molecule has 4 heteroatoms. The van der Waals surface area contributed by atoms with E-state index in [-0.39, 0.29) is 13.0 Å². The van der Waals surface area contributed by atoms with Crippen LogP contribution < -0.4 is 4.74 Å². The van der Waals surface area contributed by atoms with Gasteiger partial charge in [-0.3, -0.25) is 4.79 Å². The lowest BCUT2D eigenvalue weighted by Crippen LogP contribution is -2.02. The summed E-state index contributed by atoms with van der Waals surface area (Å²) in [6.45, 7) is 0.500. The van der Waals surface area contributed by atoms with Crippen molar-refractivity contribution in [2.75, 3.05) is 6.61 Å². The highest BCUT2D eigenvalue weighted by Gasteiger charge is 2.04. The van der Waals surface area contributed by atoms with Crippen molar-refractivity contribution in [3.63, 3.8) is 0 Å². The number of hydrogen-bond acceptors (Lipinski definition) is 3. The van der Waals surface area contributed by atoms with Crippen LogP contribution in [0.3, 0.4) is 0 Å². The Hall–Kier alpha value is -2.33. The topological polar surface area (TPSA) is 66.8 Å². The molecule has 0 bridgehead atoms.